The molecule has 0 aliphatic carbocycles. The highest BCUT2D eigenvalue weighted by atomic mass is 35.5. The number of fused-ring (bicyclic) bond motifs is 1. The summed E-state index contributed by atoms with van der Waals surface area (Å²) in [6.45, 7) is 8.98. The molecule has 2 aromatic heterocycles. The summed E-state index contributed by atoms with van der Waals surface area (Å²) in [5.41, 5.74) is 8.87. The molecule has 39 heavy (non-hydrogen) atoms. The Morgan fingerprint density at radius 2 is 1.79 bits per heavy atom. The molecule has 2 N–H and O–H groups in total. The lowest BCUT2D eigenvalue weighted by Gasteiger charge is -2.32. The maximum atomic E-state index is 14.0. The van der Waals surface area contributed by atoms with Gasteiger partial charge >= 0.3 is 0 Å². The van der Waals surface area contributed by atoms with Crippen LogP contribution in [0.2, 0.25) is 5.02 Å². The number of hydrogen-bond acceptors (Lipinski definition) is 6. The average Bonchev–Trinajstić information content (AvgIpc) is 3.34. The van der Waals surface area contributed by atoms with Crippen molar-refractivity contribution in [3.05, 3.63) is 92.1 Å². The van der Waals surface area contributed by atoms with Gasteiger partial charge in [0.25, 0.3) is 17.2 Å². The standard InChI is InChI=1S/C29H34ClN5O3.ClH/c1-5-23(34(16-6-15-31)28(36)21-11-7-19(4)8-12-21)26-32-27-24(25(18(2)3)33-38-27)29(37)35(26)17-20-9-13-22(30)14-10-20;/h7-14,18,23H,5-6,15-17,31H2,1-4H3;1H. The summed E-state index contributed by atoms with van der Waals surface area (Å²) in [5.74, 6) is 0.286. The Kier molecular flexibility index (Phi) is 10.3. The molecular formula is C29H35Cl2N5O3. The van der Waals surface area contributed by atoms with E-state index in [9.17, 15) is 9.59 Å². The molecule has 1 atom stereocenters. The van der Waals surface area contributed by atoms with E-state index in [0.717, 1.165) is 11.1 Å². The summed E-state index contributed by atoms with van der Waals surface area (Å²) in [6.07, 6.45) is 1.14. The van der Waals surface area contributed by atoms with Crippen molar-refractivity contribution in [1.29, 1.82) is 0 Å². The molecule has 0 saturated carbocycles. The SMILES string of the molecule is CCC(c1nc2onc(C(C)C)c2c(=O)n1Cc1ccc(Cl)cc1)N(CCCN)C(=O)c1ccc(C)cc1.Cl. The van der Waals surface area contributed by atoms with Crippen LogP contribution in [0.5, 0.6) is 0 Å². The van der Waals surface area contributed by atoms with Gasteiger partial charge in [-0.1, -0.05) is 67.4 Å². The molecule has 0 radical (unpaired) electrons. The number of benzene rings is 2. The Balaban J connectivity index is 0.00000420. The van der Waals surface area contributed by atoms with Crippen molar-refractivity contribution in [2.24, 2.45) is 5.73 Å². The molecule has 10 heteroatoms. The smallest absolute Gasteiger partial charge is 0.267 e. The zero-order valence-corrected chi connectivity index (χ0v) is 24.3. The average molecular weight is 573 g/mol. The van der Waals surface area contributed by atoms with Crippen molar-refractivity contribution in [3.63, 3.8) is 0 Å². The van der Waals surface area contributed by atoms with Gasteiger partial charge in [-0.25, -0.2) is 0 Å². The predicted molar refractivity (Wildman–Crippen MR) is 157 cm³/mol. The van der Waals surface area contributed by atoms with E-state index in [-0.39, 0.29) is 42.0 Å². The second-order valence-corrected chi connectivity index (χ2v) is 10.3. The lowest BCUT2D eigenvalue weighted by molar-refractivity contribution is 0.0655. The van der Waals surface area contributed by atoms with Crippen LogP contribution in [0.15, 0.2) is 57.8 Å². The molecule has 0 aliphatic rings. The van der Waals surface area contributed by atoms with E-state index in [0.29, 0.717) is 53.4 Å². The van der Waals surface area contributed by atoms with Gasteiger partial charge < -0.3 is 15.2 Å². The first-order valence-electron chi connectivity index (χ1n) is 13.0. The summed E-state index contributed by atoms with van der Waals surface area (Å²) in [5, 5.41) is 5.14. The van der Waals surface area contributed by atoms with E-state index in [4.69, 9.17) is 26.8 Å². The molecule has 4 aromatic rings. The zero-order valence-electron chi connectivity index (χ0n) is 22.7. The first kappa shape index (κ1) is 30.3. The quantitative estimate of drug-likeness (QED) is 0.254. The number of nitrogens with zero attached hydrogens (tertiary/aromatic N) is 4. The van der Waals surface area contributed by atoms with E-state index < -0.39 is 6.04 Å². The Hall–Kier alpha value is -3.20. The van der Waals surface area contributed by atoms with Crippen molar-refractivity contribution >= 4 is 41.0 Å². The number of rotatable bonds is 10. The Bertz CT molecular complexity index is 1460. The van der Waals surface area contributed by atoms with E-state index in [1.165, 1.54) is 0 Å². The van der Waals surface area contributed by atoms with Gasteiger partial charge in [0.2, 0.25) is 0 Å². The molecule has 1 unspecified atom stereocenters. The van der Waals surface area contributed by atoms with E-state index in [1.54, 1.807) is 21.6 Å². The van der Waals surface area contributed by atoms with Crippen molar-refractivity contribution < 1.29 is 9.32 Å². The minimum Gasteiger partial charge on any atom is -0.335 e. The van der Waals surface area contributed by atoms with E-state index in [2.05, 4.69) is 5.16 Å². The maximum absolute atomic E-state index is 14.0. The molecule has 4 rings (SSSR count). The van der Waals surface area contributed by atoms with Gasteiger partial charge in [-0.05, 0) is 62.1 Å². The lowest BCUT2D eigenvalue weighted by Crippen LogP contribution is -2.40. The molecule has 1 amide bonds. The Morgan fingerprint density at radius 3 is 2.38 bits per heavy atom. The fourth-order valence-corrected chi connectivity index (χ4v) is 4.74. The fraction of sp³-hybridized carbons (Fsp3) is 0.379. The summed E-state index contributed by atoms with van der Waals surface area (Å²) in [7, 11) is 0. The van der Waals surface area contributed by atoms with Crippen LogP contribution in [0.1, 0.15) is 78.6 Å². The predicted octanol–water partition coefficient (Wildman–Crippen LogP) is 5.88. The zero-order chi connectivity index (χ0) is 27.4. The highest BCUT2D eigenvalue weighted by Gasteiger charge is 2.31. The van der Waals surface area contributed by atoms with Gasteiger partial charge in [-0.3, -0.25) is 14.2 Å². The summed E-state index contributed by atoms with van der Waals surface area (Å²) < 4.78 is 7.19. The maximum Gasteiger partial charge on any atom is 0.267 e. The second-order valence-electron chi connectivity index (χ2n) is 9.82. The minimum absolute atomic E-state index is 0. The number of nitrogens with two attached hydrogens (primary N) is 1. The first-order valence-corrected chi connectivity index (χ1v) is 13.3. The molecule has 0 bridgehead atoms. The summed E-state index contributed by atoms with van der Waals surface area (Å²) in [4.78, 5) is 34.4. The number of aryl methyl sites for hydroxylation is 1. The van der Waals surface area contributed by atoms with Gasteiger partial charge in [0.1, 0.15) is 16.9 Å². The van der Waals surface area contributed by atoms with Crippen LogP contribution in [0.4, 0.5) is 0 Å². The number of hydrogen-bond donors (Lipinski definition) is 1. The Morgan fingerprint density at radius 1 is 1.13 bits per heavy atom. The Labute approximate surface area is 239 Å². The molecule has 0 saturated heterocycles. The van der Waals surface area contributed by atoms with Crippen LogP contribution in [0, 0.1) is 6.92 Å². The third-order valence-corrected chi connectivity index (χ3v) is 6.93. The molecule has 0 spiro atoms. The molecule has 2 aromatic carbocycles. The van der Waals surface area contributed by atoms with E-state index >= 15 is 0 Å². The van der Waals surface area contributed by atoms with Crippen molar-refractivity contribution in [3.8, 4) is 0 Å². The molecule has 0 aliphatic heterocycles. The van der Waals surface area contributed by atoms with Crippen LogP contribution < -0.4 is 11.3 Å². The number of carbonyl (C=O) groups excluding carboxylic acids is 1. The minimum atomic E-state index is -0.493. The molecule has 2 heterocycles. The topological polar surface area (TPSA) is 107 Å². The van der Waals surface area contributed by atoms with Gasteiger partial charge in [-0.2, -0.15) is 4.98 Å². The monoisotopic (exact) mass is 571 g/mol. The first-order chi connectivity index (χ1) is 18.2. The number of carbonyl (C=O) groups is 1. The normalized spacial score (nSPS) is 12.0. The lowest BCUT2D eigenvalue weighted by atomic mass is 10.1. The third-order valence-electron chi connectivity index (χ3n) is 6.68. The molecular weight excluding hydrogens is 537 g/mol. The van der Waals surface area contributed by atoms with Crippen LogP contribution in [0.25, 0.3) is 11.1 Å². The largest absolute Gasteiger partial charge is 0.335 e. The molecule has 8 nitrogen and oxygen atoms in total. The highest BCUT2D eigenvalue weighted by Crippen LogP contribution is 2.28. The number of aromatic nitrogens is 3. The van der Waals surface area contributed by atoms with Crippen LogP contribution >= 0.6 is 24.0 Å². The van der Waals surface area contributed by atoms with Crippen LogP contribution in [-0.4, -0.2) is 38.6 Å². The van der Waals surface area contributed by atoms with Gasteiger partial charge in [0.05, 0.1) is 12.6 Å². The molecule has 0 fully saturated rings. The fourth-order valence-electron chi connectivity index (χ4n) is 4.61. The van der Waals surface area contributed by atoms with Gasteiger partial charge in [0, 0.05) is 17.1 Å². The second kappa shape index (κ2) is 13.2. The van der Waals surface area contributed by atoms with Crippen molar-refractivity contribution in [2.45, 2.75) is 59.0 Å². The van der Waals surface area contributed by atoms with Gasteiger partial charge in [0.15, 0.2) is 0 Å². The van der Waals surface area contributed by atoms with Crippen LogP contribution in [0.3, 0.4) is 0 Å². The van der Waals surface area contributed by atoms with Gasteiger partial charge in [-0.15, -0.1) is 12.4 Å². The van der Waals surface area contributed by atoms with Crippen molar-refractivity contribution in [1.82, 2.24) is 19.6 Å². The number of amides is 1. The number of halogens is 2. The highest BCUT2D eigenvalue weighted by molar-refractivity contribution is 6.30. The van der Waals surface area contributed by atoms with Crippen LogP contribution in [-0.2, 0) is 6.54 Å². The van der Waals surface area contributed by atoms with Crippen molar-refractivity contribution in [2.75, 3.05) is 13.1 Å². The van der Waals surface area contributed by atoms with E-state index in [1.807, 2.05) is 64.1 Å². The molecule has 208 valence electrons. The third kappa shape index (κ3) is 6.52. The summed E-state index contributed by atoms with van der Waals surface area (Å²) >= 11 is 6.11. The summed E-state index contributed by atoms with van der Waals surface area (Å²) in [6, 6.07) is 14.3.